The normalized spacial score (nSPS) is 11.9. The third kappa shape index (κ3) is 3.75. The average molecular weight is 415 g/mol. The Balaban J connectivity index is 1.98. The second kappa shape index (κ2) is 8.35. The number of nitrogens with one attached hydrogen (secondary N) is 1. The van der Waals surface area contributed by atoms with E-state index in [4.69, 9.17) is 0 Å². The van der Waals surface area contributed by atoms with Crippen LogP contribution in [-0.4, -0.2) is 30.8 Å². The minimum absolute atomic E-state index is 0.165. The van der Waals surface area contributed by atoms with Crippen LogP contribution in [0.15, 0.2) is 66.0 Å². The van der Waals surface area contributed by atoms with Gasteiger partial charge in [0.2, 0.25) is 0 Å². The minimum atomic E-state index is -1.20. The van der Waals surface area contributed by atoms with E-state index >= 15 is 0 Å². The lowest BCUT2D eigenvalue weighted by Gasteiger charge is -2.21. The number of rotatable bonds is 6. The van der Waals surface area contributed by atoms with Gasteiger partial charge in [0.1, 0.15) is 5.69 Å². The zero-order valence-electron chi connectivity index (χ0n) is 17.1. The Labute approximate surface area is 178 Å². The van der Waals surface area contributed by atoms with Crippen LogP contribution in [0.4, 0.5) is 11.4 Å². The van der Waals surface area contributed by atoms with E-state index in [9.17, 15) is 14.7 Å². The van der Waals surface area contributed by atoms with Crippen LogP contribution in [0.1, 0.15) is 41.4 Å². The highest BCUT2D eigenvalue weighted by Crippen LogP contribution is 2.33. The predicted molar refractivity (Wildman–Crippen MR) is 118 cm³/mol. The monoisotopic (exact) mass is 415 g/mol. The van der Waals surface area contributed by atoms with Gasteiger partial charge in [-0.1, -0.05) is 31.2 Å². The van der Waals surface area contributed by atoms with Gasteiger partial charge in [-0.05, 0) is 24.6 Å². The zero-order valence-corrected chi connectivity index (χ0v) is 17.1. The van der Waals surface area contributed by atoms with Gasteiger partial charge < -0.3 is 10.4 Å². The quantitative estimate of drug-likeness (QED) is 0.493. The van der Waals surface area contributed by atoms with Gasteiger partial charge in [0.15, 0.2) is 5.69 Å². The summed E-state index contributed by atoms with van der Waals surface area (Å²) < 4.78 is 1.16. The maximum absolute atomic E-state index is 13.3. The van der Waals surface area contributed by atoms with Crippen LogP contribution in [0.2, 0.25) is 0 Å². The number of carboxylic acids is 1. The van der Waals surface area contributed by atoms with Gasteiger partial charge in [0.25, 0.3) is 5.56 Å². The molecule has 4 rings (SSSR count). The second-order valence-electron chi connectivity index (χ2n) is 7.10. The van der Waals surface area contributed by atoms with E-state index in [1.54, 1.807) is 43.8 Å². The molecule has 8 heteroatoms. The maximum atomic E-state index is 13.3. The summed E-state index contributed by atoms with van der Waals surface area (Å²) in [6, 6.07) is 11.2. The Morgan fingerprint density at radius 3 is 2.58 bits per heavy atom. The first-order chi connectivity index (χ1) is 15.0. The van der Waals surface area contributed by atoms with Gasteiger partial charge in [-0.15, -0.1) is 0 Å². The third-order valence-corrected chi connectivity index (χ3v) is 5.26. The van der Waals surface area contributed by atoms with Crippen molar-refractivity contribution in [3.8, 4) is 0 Å². The van der Waals surface area contributed by atoms with E-state index in [1.165, 1.54) is 0 Å². The van der Waals surface area contributed by atoms with Gasteiger partial charge in [-0.25, -0.2) is 9.48 Å². The van der Waals surface area contributed by atoms with Crippen LogP contribution >= 0.6 is 0 Å². The molecular weight excluding hydrogens is 394 g/mol. The molecule has 0 radical (unpaired) electrons. The molecule has 3 heterocycles. The Morgan fingerprint density at radius 2 is 1.87 bits per heavy atom. The number of hydrogen-bond donors (Lipinski definition) is 2. The number of aromatic nitrogens is 4. The van der Waals surface area contributed by atoms with Gasteiger partial charge in [0.05, 0.1) is 11.9 Å². The molecule has 156 valence electrons. The highest BCUT2D eigenvalue weighted by Gasteiger charge is 2.27. The molecule has 4 aromatic rings. The van der Waals surface area contributed by atoms with E-state index in [0.717, 1.165) is 21.0 Å². The van der Waals surface area contributed by atoms with Crippen LogP contribution in [0.25, 0.3) is 10.8 Å². The predicted octanol–water partition coefficient (Wildman–Crippen LogP) is 3.80. The Morgan fingerprint density at radius 1 is 1.13 bits per heavy atom. The van der Waals surface area contributed by atoms with Crippen molar-refractivity contribution < 1.29 is 9.90 Å². The Hall–Kier alpha value is -4.07. The molecule has 0 aliphatic rings. The molecule has 1 atom stereocenters. The summed E-state index contributed by atoms with van der Waals surface area (Å²) in [6.07, 6.45) is 6.63. The largest absolute Gasteiger partial charge is 0.476 e. The number of hydrogen-bond acceptors (Lipinski definition) is 6. The van der Waals surface area contributed by atoms with Crippen molar-refractivity contribution in [2.45, 2.75) is 26.3 Å². The number of carbonyl (C=O) groups is 1. The number of aryl methyl sites for hydroxylation is 1. The molecule has 0 bridgehead atoms. The summed E-state index contributed by atoms with van der Waals surface area (Å²) in [7, 11) is 0. The van der Waals surface area contributed by atoms with Crippen LogP contribution in [0, 0.1) is 0 Å². The molecule has 1 aromatic carbocycles. The fourth-order valence-corrected chi connectivity index (χ4v) is 3.67. The molecule has 0 aliphatic heterocycles. The Kier molecular flexibility index (Phi) is 5.44. The van der Waals surface area contributed by atoms with E-state index in [1.807, 2.05) is 31.2 Å². The standard InChI is InChI=1S/C23H21N5O3/c1-3-28-22(29)20(26-18-13-25-12-16-6-4-5-7-17(16)18)19(21(27-28)23(30)31)14(2)15-8-10-24-11-9-15/h4-14,26H,3H2,1-2H3,(H,30,31). The van der Waals surface area contributed by atoms with Gasteiger partial charge in [0, 0.05) is 47.4 Å². The first kappa shape index (κ1) is 20.2. The van der Waals surface area contributed by atoms with Crippen LogP contribution in [-0.2, 0) is 6.54 Å². The highest BCUT2D eigenvalue weighted by molar-refractivity contribution is 5.95. The molecule has 0 saturated carbocycles. The summed E-state index contributed by atoms with van der Waals surface area (Å²) in [5.74, 6) is -1.61. The van der Waals surface area contributed by atoms with Crippen molar-refractivity contribution in [3.63, 3.8) is 0 Å². The minimum Gasteiger partial charge on any atom is -0.476 e. The second-order valence-corrected chi connectivity index (χ2v) is 7.10. The number of nitrogens with zero attached hydrogens (tertiary/aromatic N) is 4. The van der Waals surface area contributed by atoms with Gasteiger partial charge >= 0.3 is 5.97 Å². The average Bonchev–Trinajstić information content (AvgIpc) is 2.80. The van der Waals surface area contributed by atoms with Crippen molar-refractivity contribution in [2.24, 2.45) is 0 Å². The van der Waals surface area contributed by atoms with E-state index in [-0.39, 0.29) is 17.9 Å². The maximum Gasteiger partial charge on any atom is 0.356 e. The fourth-order valence-electron chi connectivity index (χ4n) is 3.67. The number of anilines is 2. The summed E-state index contributed by atoms with van der Waals surface area (Å²) in [6.45, 7) is 3.84. The number of fused-ring (bicyclic) bond motifs is 1. The number of benzene rings is 1. The summed E-state index contributed by atoms with van der Waals surface area (Å²) >= 11 is 0. The van der Waals surface area contributed by atoms with Crippen molar-refractivity contribution >= 4 is 28.1 Å². The molecule has 2 N–H and O–H groups in total. The topological polar surface area (TPSA) is 110 Å². The zero-order chi connectivity index (χ0) is 22.0. The number of carboxylic acid groups (broad SMARTS) is 1. The molecule has 8 nitrogen and oxygen atoms in total. The van der Waals surface area contributed by atoms with E-state index < -0.39 is 17.4 Å². The van der Waals surface area contributed by atoms with Crippen molar-refractivity contribution in [2.75, 3.05) is 5.32 Å². The van der Waals surface area contributed by atoms with Crippen molar-refractivity contribution in [3.05, 3.63) is 88.4 Å². The van der Waals surface area contributed by atoms with E-state index in [0.29, 0.717) is 11.3 Å². The lowest BCUT2D eigenvalue weighted by Crippen LogP contribution is -2.30. The molecule has 0 saturated heterocycles. The number of aromatic carboxylic acids is 1. The number of pyridine rings is 2. The molecule has 0 aliphatic carbocycles. The van der Waals surface area contributed by atoms with Crippen LogP contribution < -0.4 is 10.9 Å². The molecule has 3 aromatic heterocycles. The molecule has 0 spiro atoms. The van der Waals surface area contributed by atoms with Gasteiger partial charge in [-0.2, -0.15) is 5.10 Å². The summed E-state index contributed by atoms with van der Waals surface area (Å²) in [5, 5.41) is 19.0. The van der Waals surface area contributed by atoms with Crippen molar-refractivity contribution in [1.82, 2.24) is 19.7 Å². The first-order valence-electron chi connectivity index (χ1n) is 9.89. The molecule has 31 heavy (non-hydrogen) atoms. The molecular formula is C23H21N5O3. The summed E-state index contributed by atoms with van der Waals surface area (Å²) in [5.41, 5.74) is 1.38. The third-order valence-electron chi connectivity index (χ3n) is 5.26. The smallest absolute Gasteiger partial charge is 0.356 e. The fraction of sp³-hybridized carbons (Fsp3) is 0.174. The molecule has 1 unspecified atom stereocenters. The molecule has 0 fully saturated rings. The lowest BCUT2D eigenvalue weighted by molar-refractivity contribution is 0.0685. The summed E-state index contributed by atoms with van der Waals surface area (Å²) in [4.78, 5) is 33.7. The van der Waals surface area contributed by atoms with Crippen molar-refractivity contribution in [1.29, 1.82) is 0 Å². The van der Waals surface area contributed by atoms with Gasteiger partial charge in [-0.3, -0.25) is 14.8 Å². The Bertz CT molecular complexity index is 1310. The first-order valence-corrected chi connectivity index (χ1v) is 9.89. The van der Waals surface area contributed by atoms with Crippen LogP contribution in [0.3, 0.4) is 0 Å². The highest BCUT2D eigenvalue weighted by atomic mass is 16.4. The SMILES string of the molecule is CCn1nc(C(=O)O)c(C(C)c2ccncc2)c(Nc2cncc3ccccc23)c1=O. The molecule has 0 amide bonds. The lowest BCUT2D eigenvalue weighted by atomic mass is 9.91. The van der Waals surface area contributed by atoms with Crippen LogP contribution in [0.5, 0.6) is 0 Å². The van der Waals surface area contributed by atoms with E-state index in [2.05, 4.69) is 20.4 Å².